The summed E-state index contributed by atoms with van der Waals surface area (Å²) in [4.78, 5) is 0. The van der Waals surface area contributed by atoms with Crippen LogP contribution < -0.4 is 0 Å². The van der Waals surface area contributed by atoms with E-state index in [1.807, 2.05) is 0 Å². The zero-order chi connectivity index (χ0) is 10.2. The normalized spacial score (nSPS) is 19.9. The molecule has 0 bridgehead atoms. The van der Waals surface area contributed by atoms with Gasteiger partial charge in [-0.3, -0.25) is 0 Å². The van der Waals surface area contributed by atoms with Gasteiger partial charge in [0.05, 0.1) is 0 Å². The average molecular weight is 194 g/mol. The van der Waals surface area contributed by atoms with Crippen molar-refractivity contribution in [2.45, 2.75) is 64.4 Å². The minimum absolute atomic E-state index is 0.354. The number of hydrogen-bond donors (Lipinski definition) is 1. The van der Waals surface area contributed by atoms with Gasteiger partial charge in [-0.1, -0.05) is 38.5 Å². The van der Waals surface area contributed by atoms with Gasteiger partial charge in [-0.05, 0) is 25.2 Å². The summed E-state index contributed by atoms with van der Waals surface area (Å²) in [5.74, 6) is 6.53. The van der Waals surface area contributed by atoms with E-state index in [0.717, 1.165) is 12.8 Å². The van der Waals surface area contributed by atoms with Crippen molar-refractivity contribution in [2.75, 3.05) is 0 Å². The van der Waals surface area contributed by atoms with E-state index in [1.54, 1.807) is 0 Å². The summed E-state index contributed by atoms with van der Waals surface area (Å²) in [5.41, 5.74) is 0. The van der Waals surface area contributed by atoms with E-state index in [4.69, 9.17) is 0 Å². The van der Waals surface area contributed by atoms with E-state index < -0.39 is 0 Å². The largest absolute Gasteiger partial charge is 0.380 e. The van der Waals surface area contributed by atoms with Crippen LogP contribution >= 0.6 is 0 Å². The smallest absolute Gasteiger partial charge is 0.117 e. The summed E-state index contributed by atoms with van der Waals surface area (Å²) in [6.07, 6.45) is 9.17. The highest BCUT2D eigenvalue weighted by atomic mass is 16.3. The van der Waals surface area contributed by atoms with Crippen molar-refractivity contribution >= 4 is 0 Å². The standard InChI is InChI=1S/C13H22O/c1-2-3-4-8-11-13(14)12-9-6-5-7-10-12/h12-14H,2-7,9-10H2,1H3. The second-order valence-corrected chi connectivity index (χ2v) is 4.27. The van der Waals surface area contributed by atoms with Gasteiger partial charge in [-0.25, -0.2) is 0 Å². The molecule has 0 heterocycles. The van der Waals surface area contributed by atoms with Crippen LogP contribution in [0.5, 0.6) is 0 Å². The van der Waals surface area contributed by atoms with Crippen LogP contribution in [0.3, 0.4) is 0 Å². The molecule has 0 aromatic rings. The van der Waals surface area contributed by atoms with Crippen LogP contribution in [0.15, 0.2) is 0 Å². The van der Waals surface area contributed by atoms with Gasteiger partial charge < -0.3 is 5.11 Å². The van der Waals surface area contributed by atoms with Crippen molar-refractivity contribution in [3.63, 3.8) is 0 Å². The third-order valence-corrected chi connectivity index (χ3v) is 3.00. The minimum atomic E-state index is -0.354. The van der Waals surface area contributed by atoms with Gasteiger partial charge in [0, 0.05) is 6.42 Å². The molecule has 0 radical (unpaired) electrons. The van der Waals surface area contributed by atoms with Crippen molar-refractivity contribution in [3.8, 4) is 11.8 Å². The van der Waals surface area contributed by atoms with Crippen molar-refractivity contribution < 1.29 is 5.11 Å². The quantitative estimate of drug-likeness (QED) is 0.540. The Bertz CT molecular complexity index is 193. The topological polar surface area (TPSA) is 20.2 Å². The molecular weight excluding hydrogens is 172 g/mol. The Morgan fingerprint density at radius 3 is 2.64 bits per heavy atom. The molecule has 0 aromatic carbocycles. The Labute approximate surface area is 87.9 Å². The fourth-order valence-electron chi connectivity index (χ4n) is 2.01. The number of hydrogen-bond acceptors (Lipinski definition) is 1. The predicted molar refractivity (Wildman–Crippen MR) is 59.9 cm³/mol. The zero-order valence-corrected chi connectivity index (χ0v) is 9.26. The summed E-state index contributed by atoms with van der Waals surface area (Å²) < 4.78 is 0. The SMILES string of the molecule is CCCCC#CC(O)C1CCCCC1. The molecule has 14 heavy (non-hydrogen) atoms. The van der Waals surface area contributed by atoms with Crippen molar-refractivity contribution in [1.29, 1.82) is 0 Å². The lowest BCUT2D eigenvalue weighted by molar-refractivity contribution is 0.133. The fourth-order valence-corrected chi connectivity index (χ4v) is 2.01. The molecule has 1 atom stereocenters. The maximum atomic E-state index is 9.80. The van der Waals surface area contributed by atoms with E-state index >= 15 is 0 Å². The Hall–Kier alpha value is -0.480. The van der Waals surface area contributed by atoms with Crippen molar-refractivity contribution in [1.82, 2.24) is 0 Å². The molecule has 0 spiro atoms. The number of unbranched alkanes of at least 4 members (excludes halogenated alkanes) is 2. The number of aliphatic hydroxyl groups is 1. The molecule has 0 aromatic heterocycles. The van der Waals surface area contributed by atoms with Gasteiger partial charge in [0.15, 0.2) is 0 Å². The first kappa shape index (κ1) is 11.6. The fraction of sp³-hybridized carbons (Fsp3) is 0.846. The Morgan fingerprint density at radius 1 is 1.29 bits per heavy atom. The van der Waals surface area contributed by atoms with Gasteiger partial charge >= 0.3 is 0 Å². The molecule has 0 aliphatic heterocycles. The second-order valence-electron chi connectivity index (χ2n) is 4.27. The first-order chi connectivity index (χ1) is 6.84. The molecule has 1 unspecified atom stereocenters. The summed E-state index contributed by atoms with van der Waals surface area (Å²) in [5, 5.41) is 9.80. The first-order valence-corrected chi connectivity index (χ1v) is 6.01. The summed E-state index contributed by atoms with van der Waals surface area (Å²) in [7, 11) is 0. The minimum Gasteiger partial charge on any atom is -0.380 e. The second kappa shape index (κ2) is 6.90. The third kappa shape index (κ3) is 4.15. The lowest BCUT2D eigenvalue weighted by atomic mass is 9.85. The molecule has 1 fully saturated rings. The third-order valence-electron chi connectivity index (χ3n) is 3.00. The van der Waals surface area contributed by atoms with E-state index in [2.05, 4.69) is 18.8 Å². The lowest BCUT2D eigenvalue weighted by Gasteiger charge is -2.23. The molecule has 1 saturated carbocycles. The van der Waals surface area contributed by atoms with Crippen LogP contribution in [0.1, 0.15) is 58.3 Å². The van der Waals surface area contributed by atoms with E-state index in [0.29, 0.717) is 5.92 Å². The number of rotatable bonds is 3. The molecule has 1 rings (SSSR count). The maximum absolute atomic E-state index is 9.80. The Kier molecular flexibility index (Phi) is 5.71. The van der Waals surface area contributed by atoms with Crippen molar-refractivity contribution in [2.24, 2.45) is 5.92 Å². The molecule has 1 nitrogen and oxygen atoms in total. The molecule has 0 amide bonds. The Morgan fingerprint density at radius 2 is 2.00 bits per heavy atom. The molecule has 1 aliphatic rings. The summed E-state index contributed by atoms with van der Waals surface area (Å²) in [6, 6.07) is 0. The van der Waals surface area contributed by atoms with Gasteiger partial charge in [-0.2, -0.15) is 0 Å². The Balaban J connectivity index is 2.23. The molecule has 1 aliphatic carbocycles. The van der Waals surface area contributed by atoms with E-state index in [9.17, 15) is 5.11 Å². The van der Waals surface area contributed by atoms with Crippen LogP contribution in [-0.4, -0.2) is 11.2 Å². The average Bonchev–Trinajstić information content (AvgIpc) is 2.25. The van der Waals surface area contributed by atoms with Gasteiger partial charge in [0.1, 0.15) is 6.10 Å². The van der Waals surface area contributed by atoms with Crippen LogP contribution in [0, 0.1) is 17.8 Å². The van der Waals surface area contributed by atoms with E-state index in [-0.39, 0.29) is 6.10 Å². The highest BCUT2D eigenvalue weighted by molar-refractivity contribution is 5.06. The predicted octanol–water partition coefficient (Wildman–Crippen LogP) is 3.12. The zero-order valence-electron chi connectivity index (χ0n) is 9.26. The summed E-state index contributed by atoms with van der Waals surface area (Å²) >= 11 is 0. The van der Waals surface area contributed by atoms with Crippen molar-refractivity contribution in [3.05, 3.63) is 0 Å². The van der Waals surface area contributed by atoms with Gasteiger partial charge in [0.2, 0.25) is 0 Å². The highest BCUT2D eigenvalue weighted by Crippen LogP contribution is 2.26. The number of aliphatic hydroxyl groups excluding tert-OH is 1. The van der Waals surface area contributed by atoms with Gasteiger partial charge in [0.25, 0.3) is 0 Å². The molecule has 1 N–H and O–H groups in total. The van der Waals surface area contributed by atoms with Gasteiger partial charge in [-0.15, -0.1) is 5.92 Å². The van der Waals surface area contributed by atoms with E-state index in [1.165, 1.54) is 38.5 Å². The van der Waals surface area contributed by atoms with Crippen LogP contribution in [0.25, 0.3) is 0 Å². The molecule has 80 valence electrons. The van der Waals surface area contributed by atoms with Crippen LogP contribution in [0.4, 0.5) is 0 Å². The van der Waals surface area contributed by atoms with Crippen LogP contribution in [-0.2, 0) is 0 Å². The van der Waals surface area contributed by atoms with Crippen LogP contribution in [0.2, 0.25) is 0 Å². The molecule has 0 saturated heterocycles. The molecule has 1 heteroatoms. The lowest BCUT2D eigenvalue weighted by Crippen LogP contribution is -2.21. The first-order valence-electron chi connectivity index (χ1n) is 6.01. The maximum Gasteiger partial charge on any atom is 0.117 e. The highest BCUT2D eigenvalue weighted by Gasteiger charge is 2.19. The summed E-state index contributed by atoms with van der Waals surface area (Å²) in [6.45, 7) is 2.17. The monoisotopic (exact) mass is 194 g/mol. The molecular formula is C13H22O.